The minimum atomic E-state index is 0.632. The molecular weight excluding hydrogens is 288 g/mol. The number of hydrogen-bond donors (Lipinski definition) is 0. The predicted molar refractivity (Wildman–Crippen MR) is 88.8 cm³/mol. The summed E-state index contributed by atoms with van der Waals surface area (Å²) < 4.78 is 5.90. The number of benzene rings is 1. The van der Waals surface area contributed by atoms with Crippen LogP contribution in [0.5, 0.6) is 11.5 Å². The molecule has 1 aliphatic heterocycles. The van der Waals surface area contributed by atoms with Crippen LogP contribution in [-0.2, 0) is 0 Å². The lowest BCUT2D eigenvalue weighted by Gasteiger charge is -2.32. The molecular formula is C18H16N4O. The average Bonchev–Trinajstić information content (AvgIpc) is 2.53. The van der Waals surface area contributed by atoms with E-state index < -0.39 is 0 Å². The van der Waals surface area contributed by atoms with Gasteiger partial charge >= 0.3 is 0 Å². The standard InChI is InChI=1S/C18H16N4O/c1-11-7-12(2)16(13(3)8-11)22-17-14(5-4-6-20-17)23-15-9-19-10-21-18(15)22/h4-10H,1-3H3. The van der Waals surface area contributed by atoms with Crippen molar-refractivity contribution in [2.45, 2.75) is 20.8 Å². The molecule has 5 nitrogen and oxygen atoms in total. The summed E-state index contributed by atoms with van der Waals surface area (Å²) in [6, 6.07) is 8.10. The van der Waals surface area contributed by atoms with E-state index in [1.807, 2.05) is 12.1 Å². The highest BCUT2D eigenvalue weighted by atomic mass is 16.5. The highest BCUT2D eigenvalue weighted by molar-refractivity contribution is 5.84. The van der Waals surface area contributed by atoms with Crippen LogP contribution < -0.4 is 9.64 Å². The summed E-state index contributed by atoms with van der Waals surface area (Å²) in [5.74, 6) is 2.79. The van der Waals surface area contributed by atoms with Crippen LogP contribution in [0.3, 0.4) is 0 Å². The monoisotopic (exact) mass is 304 g/mol. The molecule has 114 valence electrons. The van der Waals surface area contributed by atoms with Gasteiger partial charge < -0.3 is 4.74 Å². The second-order valence-corrected chi connectivity index (χ2v) is 5.72. The molecule has 0 bridgehead atoms. The Hall–Kier alpha value is -2.95. The first-order valence-electron chi connectivity index (χ1n) is 7.46. The fourth-order valence-corrected chi connectivity index (χ4v) is 3.14. The second-order valence-electron chi connectivity index (χ2n) is 5.72. The van der Waals surface area contributed by atoms with E-state index in [0.29, 0.717) is 17.3 Å². The van der Waals surface area contributed by atoms with Gasteiger partial charge in [-0.1, -0.05) is 17.7 Å². The molecule has 0 saturated heterocycles. The number of nitrogens with zero attached hydrogens (tertiary/aromatic N) is 4. The number of fused-ring (bicyclic) bond motifs is 2. The molecule has 0 saturated carbocycles. The van der Waals surface area contributed by atoms with Crippen LogP contribution in [0.1, 0.15) is 16.7 Å². The van der Waals surface area contributed by atoms with Crippen LogP contribution in [0.2, 0.25) is 0 Å². The Bertz CT molecular complexity index is 839. The fraction of sp³-hybridized carbons (Fsp3) is 0.167. The van der Waals surface area contributed by atoms with E-state index in [1.165, 1.54) is 23.0 Å². The van der Waals surface area contributed by atoms with Gasteiger partial charge in [0.1, 0.15) is 6.33 Å². The molecule has 1 aliphatic rings. The molecule has 3 heterocycles. The van der Waals surface area contributed by atoms with Crippen molar-refractivity contribution in [3.05, 3.63) is 59.7 Å². The molecule has 0 atom stereocenters. The van der Waals surface area contributed by atoms with Gasteiger partial charge in [-0.3, -0.25) is 4.90 Å². The fourth-order valence-electron chi connectivity index (χ4n) is 3.14. The van der Waals surface area contributed by atoms with Crippen molar-refractivity contribution in [1.29, 1.82) is 0 Å². The van der Waals surface area contributed by atoms with Gasteiger partial charge in [0.2, 0.25) is 0 Å². The number of aryl methyl sites for hydroxylation is 3. The van der Waals surface area contributed by atoms with E-state index in [2.05, 4.69) is 52.8 Å². The molecule has 0 amide bonds. The molecule has 0 fully saturated rings. The number of hydrogen-bond acceptors (Lipinski definition) is 5. The molecule has 0 unspecified atom stereocenters. The van der Waals surface area contributed by atoms with E-state index in [9.17, 15) is 0 Å². The Balaban J connectivity index is 2.02. The number of anilines is 3. The minimum absolute atomic E-state index is 0.632. The number of rotatable bonds is 1. The zero-order valence-electron chi connectivity index (χ0n) is 13.2. The first-order chi connectivity index (χ1) is 11.1. The topological polar surface area (TPSA) is 51.1 Å². The van der Waals surface area contributed by atoms with Crippen LogP contribution in [0.25, 0.3) is 0 Å². The first kappa shape index (κ1) is 13.7. The van der Waals surface area contributed by atoms with Crippen LogP contribution in [0, 0.1) is 20.8 Å². The zero-order chi connectivity index (χ0) is 16.0. The first-order valence-corrected chi connectivity index (χ1v) is 7.46. The van der Waals surface area contributed by atoms with Gasteiger partial charge in [0.15, 0.2) is 23.1 Å². The molecule has 0 aliphatic carbocycles. The lowest BCUT2D eigenvalue weighted by atomic mass is 10.0. The second kappa shape index (κ2) is 5.05. The Labute approximate surface area is 134 Å². The lowest BCUT2D eigenvalue weighted by molar-refractivity contribution is 0.468. The number of ether oxygens (including phenoxy) is 1. The van der Waals surface area contributed by atoms with E-state index in [0.717, 1.165) is 11.5 Å². The third-order valence-electron chi connectivity index (χ3n) is 3.91. The predicted octanol–water partition coefficient (Wildman–Crippen LogP) is 4.37. The largest absolute Gasteiger partial charge is 0.448 e. The lowest BCUT2D eigenvalue weighted by Crippen LogP contribution is -2.20. The van der Waals surface area contributed by atoms with E-state index >= 15 is 0 Å². The Morgan fingerprint density at radius 1 is 0.957 bits per heavy atom. The molecule has 4 rings (SSSR count). The Morgan fingerprint density at radius 3 is 2.48 bits per heavy atom. The summed E-state index contributed by atoms with van der Waals surface area (Å²) in [7, 11) is 0. The minimum Gasteiger partial charge on any atom is -0.448 e. The molecule has 0 radical (unpaired) electrons. The maximum absolute atomic E-state index is 5.90. The molecule has 3 aromatic rings. The highest BCUT2D eigenvalue weighted by Crippen LogP contribution is 2.49. The third-order valence-corrected chi connectivity index (χ3v) is 3.91. The molecule has 2 aromatic heterocycles. The summed E-state index contributed by atoms with van der Waals surface area (Å²) >= 11 is 0. The van der Waals surface area contributed by atoms with Crippen molar-refractivity contribution in [2.24, 2.45) is 0 Å². The van der Waals surface area contributed by atoms with Crippen molar-refractivity contribution < 1.29 is 4.74 Å². The van der Waals surface area contributed by atoms with E-state index in [1.54, 1.807) is 12.4 Å². The summed E-state index contributed by atoms with van der Waals surface area (Å²) in [4.78, 5) is 15.1. The maximum Gasteiger partial charge on any atom is 0.189 e. The zero-order valence-corrected chi connectivity index (χ0v) is 13.2. The smallest absolute Gasteiger partial charge is 0.189 e. The van der Waals surface area contributed by atoms with E-state index in [-0.39, 0.29) is 0 Å². The molecule has 5 heteroatoms. The highest BCUT2D eigenvalue weighted by Gasteiger charge is 2.30. The number of pyridine rings is 1. The van der Waals surface area contributed by atoms with Gasteiger partial charge in [0.25, 0.3) is 0 Å². The Kier molecular flexibility index (Phi) is 3.01. The van der Waals surface area contributed by atoms with Crippen LogP contribution in [-0.4, -0.2) is 15.0 Å². The van der Waals surface area contributed by atoms with Gasteiger partial charge in [0, 0.05) is 6.20 Å². The summed E-state index contributed by atoms with van der Waals surface area (Å²) in [6.45, 7) is 6.31. The van der Waals surface area contributed by atoms with E-state index in [4.69, 9.17) is 4.74 Å². The van der Waals surface area contributed by atoms with Gasteiger partial charge in [-0.25, -0.2) is 15.0 Å². The molecule has 0 N–H and O–H groups in total. The molecule has 0 spiro atoms. The summed E-state index contributed by atoms with van der Waals surface area (Å²) in [5, 5.41) is 0. The van der Waals surface area contributed by atoms with Gasteiger partial charge in [-0.05, 0) is 44.0 Å². The van der Waals surface area contributed by atoms with Gasteiger partial charge in [0.05, 0.1) is 11.9 Å². The number of aromatic nitrogens is 3. The van der Waals surface area contributed by atoms with Crippen LogP contribution >= 0.6 is 0 Å². The van der Waals surface area contributed by atoms with Crippen molar-refractivity contribution in [3.8, 4) is 11.5 Å². The van der Waals surface area contributed by atoms with Crippen molar-refractivity contribution >= 4 is 17.3 Å². The molecule has 1 aromatic carbocycles. The summed E-state index contributed by atoms with van der Waals surface area (Å²) in [6.07, 6.45) is 4.98. The quantitative estimate of drug-likeness (QED) is 0.522. The van der Waals surface area contributed by atoms with Crippen LogP contribution in [0.4, 0.5) is 17.3 Å². The SMILES string of the molecule is Cc1cc(C)c(N2c3ncccc3Oc3cncnc32)c(C)c1. The van der Waals surface area contributed by atoms with Gasteiger partial charge in [-0.2, -0.15) is 0 Å². The Morgan fingerprint density at radius 2 is 1.70 bits per heavy atom. The summed E-state index contributed by atoms with van der Waals surface area (Å²) in [5.41, 5.74) is 4.66. The normalized spacial score (nSPS) is 12.4. The average molecular weight is 304 g/mol. The molecule has 23 heavy (non-hydrogen) atoms. The van der Waals surface area contributed by atoms with Crippen molar-refractivity contribution in [1.82, 2.24) is 15.0 Å². The van der Waals surface area contributed by atoms with Gasteiger partial charge in [-0.15, -0.1) is 0 Å². The van der Waals surface area contributed by atoms with Crippen molar-refractivity contribution in [2.75, 3.05) is 4.90 Å². The maximum atomic E-state index is 5.90. The van der Waals surface area contributed by atoms with Crippen LogP contribution in [0.15, 0.2) is 43.0 Å². The third kappa shape index (κ3) is 2.12. The van der Waals surface area contributed by atoms with Crippen molar-refractivity contribution in [3.63, 3.8) is 0 Å².